The maximum Gasteiger partial charge on any atom is 0.106 e. The van der Waals surface area contributed by atoms with Crippen LogP contribution in [0.2, 0.25) is 0 Å². The molecule has 2 aromatic heterocycles. The normalized spacial score (nSPS) is 16.9. The minimum Gasteiger partial charge on any atom is -0.308 e. The number of hydrogen-bond donors (Lipinski definition) is 0. The molecule has 0 spiro atoms. The standard InChI is InChI=1S/C58H40N4/c1-57(2)45-19-11-9-17-39(45)41-23-25-43-51-37-15-7-5-13-33(37)21-27-47(51)61(55(43)53(41)57)49-29-36(32-60)50(30-35(49)31-59)62-48-28-22-34-14-6-8-16-38(34)52(48)44-26-24-42-40-18-10-12-20-46(40)58(3,4)54(42)56(44)62/h5-9,12-17,20-21,23-27,29-30H,10-11,18-19H2,1-4H3. The van der Waals surface area contributed by atoms with Gasteiger partial charge in [0.2, 0.25) is 0 Å². The minimum absolute atomic E-state index is 0.241. The number of nitrogens with zero attached hydrogens (tertiary/aromatic N) is 4. The van der Waals surface area contributed by atoms with Crippen molar-refractivity contribution in [3.63, 3.8) is 0 Å². The molecule has 0 saturated heterocycles. The average Bonchev–Trinajstić information content (AvgIpc) is 3.97. The molecule has 4 aliphatic carbocycles. The first-order chi connectivity index (χ1) is 30.2. The SMILES string of the molecule is CC1(C)C2=C(CCC=C2)c2ccc3c4c5ccccc5c#cc4n(-c4cc(C#N)c(-n5c6ccc7ccccc7c6c6ccc7c(c65)C(C)(C)C5=C7C=CCC5)cc4C#N)c3c21. The van der Waals surface area contributed by atoms with E-state index in [1.165, 1.54) is 55.3 Å². The first-order valence-corrected chi connectivity index (χ1v) is 21.8. The van der Waals surface area contributed by atoms with E-state index in [2.05, 4.69) is 164 Å². The maximum atomic E-state index is 11.4. The Kier molecular flexibility index (Phi) is 6.84. The summed E-state index contributed by atoms with van der Waals surface area (Å²) in [5.41, 5.74) is 16.5. The maximum absolute atomic E-state index is 11.4. The van der Waals surface area contributed by atoms with E-state index in [-0.39, 0.29) is 10.8 Å². The molecule has 4 aliphatic rings. The van der Waals surface area contributed by atoms with Gasteiger partial charge in [0.15, 0.2) is 0 Å². The average molecular weight is 793 g/mol. The van der Waals surface area contributed by atoms with Crippen molar-refractivity contribution < 1.29 is 0 Å². The summed E-state index contributed by atoms with van der Waals surface area (Å²) in [6.45, 7) is 9.40. The Bertz CT molecular complexity index is 3820. The minimum atomic E-state index is -0.293. The van der Waals surface area contributed by atoms with Crippen LogP contribution < -0.4 is 0 Å². The second kappa shape index (κ2) is 12.0. The lowest BCUT2D eigenvalue weighted by molar-refractivity contribution is 0.610. The molecule has 292 valence electrons. The van der Waals surface area contributed by atoms with Crippen LogP contribution in [0.5, 0.6) is 0 Å². The van der Waals surface area contributed by atoms with Crippen molar-refractivity contribution >= 4 is 76.3 Å². The number of rotatable bonds is 2. The third kappa shape index (κ3) is 4.26. The van der Waals surface area contributed by atoms with E-state index >= 15 is 0 Å². The van der Waals surface area contributed by atoms with Crippen molar-refractivity contribution in [2.75, 3.05) is 0 Å². The van der Waals surface area contributed by atoms with Crippen LogP contribution in [0.4, 0.5) is 0 Å². The zero-order valence-corrected chi connectivity index (χ0v) is 35.2. The molecule has 0 amide bonds. The summed E-state index contributed by atoms with van der Waals surface area (Å²) in [6.07, 6.45) is 13.3. The molecular formula is C58H40N4. The van der Waals surface area contributed by atoms with E-state index in [4.69, 9.17) is 0 Å². The highest BCUT2D eigenvalue weighted by Crippen LogP contribution is 2.56. The van der Waals surface area contributed by atoms with Gasteiger partial charge in [0.05, 0.1) is 39.1 Å². The third-order valence-electron chi connectivity index (χ3n) is 14.9. The van der Waals surface area contributed by atoms with Gasteiger partial charge in [-0.25, -0.2) is 0 Å². The van der Waals surface area contributed by atoms with Gasteiger partial charge in [-0.15, -0.1) is 0 Å². The van der Waals surface area contributed by atoms with E-state index in [1.54, 1.807) is 0 Å². The van der Waals surface area contributed by atoms with Gasteiger partial charge < -0.3 is 9.13 Å². The molecule has 0 saturated carbocycles. The van der Waals surface area contributed by atoms with Crippen LogP contribution >= 0.6 is 0 Å². The lowest BCUT2D eigenvalue weighted by atomic mass is 9.78. The number of fused-ring (bicyclic) bond motifs is 16. The third-order valence-corrected chi connectivity index (χ3v) is 14.9. The molecule has 0 aliphatic heterocycles. The molecule has 62 heavy (non-hydrogen) atoms. The summed E-state index contributed by atoms with van der Waals surface area (Å²) in [4.78, 5) is 0. The largest absolute Gasteiger partial charge is 0.308 e. The molecule has 4 nitrogen and oxygen atoms in total. The van der Waals surface area contributed by atoms with Crippen molar-refractivity contribution in [3.8, 4) is 23.5 Å². The molecule has 0 unspecified atom stereocenters. The topological polar surface area (TPSA) is 57.4 Å². The van der Waals surface area contributed by atoms with E-state index < -0.39 is 0 Å². The summed E-state index contributed by atoms with van der Waals surface area (Å²) in [5.74, 6) is 0. The first-order valence-electron chi connectivity index (χ1n) is 21.8. The Labute approximate surface area is 360 Å². The van der Waals surface area contributed by atoms with Crippen LogP contribution in [0.25, 0.3) is 87.7 Å². The number of benzene rings is 6. The van der Waals surface area contributed by atoms with Gasteiger partial charge in [-0.3, -0.25) is 0 Å². The van der Waals surface area contributed by atoms with Gasteiger partial charge in [-0.2, -0.15) is 10.5 Å². The van der Waals surface area contributed by atoms with E-state index in [0.717, 1.165) is 80.1 Å². The fourth-order valence-electron chi connectivity index (χ4n) is 12.3. The van der Waals surface area contributed by atoms with Crippen LogP contribution in [0, 0.1) is 34.8 Å². The van der Waals surface area contributed by atoms with Crippen molar-refractivity contribution in [2.45, 2.75) is 64.2 Å². The molecule has 9 aromatic rings. The van der Waals surface area contributed by atoms with Crippen molar-refractivity contribution in [1.29, 1.82) is 10.5 Å². The molecule has 7 aromatic carbocycles. The second-order valence-corrected chi connectivity index (χ2v) is 18.7. The van der Waals surface area contributed by atoms with Gasteiger partial charge in [0, 0.05) is 43.1 Å². The Morgan fingerprint density at radius 1 is 0.597 bits per heavy atom. The van der Waals surface area contributed by atoms with Gasteiger partial charge in [-0.1, -0.05) is 136 Å². The number of hydrogen-bond acceptors (Lipinski definition) is 2. The fourth-order valence-corrected chi connectivity index (χ4v) is 12.3. The van der Waals surface area contributed by atoms with Crippen LogP contribution in [-0.4, -0.2) is 9.13 Å². The summed E-state index contributed by atoms with van der Waals surface area (Å²) in [6, 6.07) is 47.0. The predicted octanol–water partition coefficient (Wildman–Crippen LogP) is 14.3. The molecule has 0 N–H and O–H groups in total. The lowest BCUT2D eigenvalue weighted by Crippen LogP contribution is -2.19. The monoisotopic (exact) mass is 792 g/mol. The molecule has 2 heterocycles. The van der Waals surface area contributed by atoms with Crippen molar-refractivity contribution in [1.82, 2.24) is 9.13 Å². The Balaban J connectivity index is 1.16. The Hall–Kier alpha value is -7.58. The molecule has 0 bridgehead atoms. The number of nitriles is 2. The van der Waals surface area contributed by atoms with Crippen LogP contribution in [-0.2, 0) is 10.8 Å². The molecule has 0 atom stereocenters. The summed E-state index contributed by atoms with van der Waals surface area (Å²) in [5, 5.41) is 31.8. The molecule has 0 radical (unpaired) electrons. The highest BCUT2D eigenvalue weighted by Gasteiger charge is 2.42. The van der Waals surface area contributed by atoms with Gasteiger partial charge in [-0.05, 0) is 106 Å². The number of allylic oxidation sites excluding steroid dienone is 8. The highest BCUT2D eigenvalue weighted by molar-refractivity contribution is 6.24. The number of aromatic nitrogens is 2. The predicted molar refractivity (Wildman–Crippen MR) is 254 cm³/mol. The smallest absolute Gasteiger partial charge is 0.106 e. The quantitative estimate of drug-likeness (QED) is 0.175. The Morgan fingerprint density at radius 3 is 2.06 bits per heavy atom. The highest BCUT2D eigenvalue weighted by atomic mass is 15.0. The fraction of sp³-hybridized carbons (Fsp3) is 0.172. The van der Waals surface area contributed by atoms with E-state index in [9.17, 15) is 10.5 Å². The summed E-state index contributed by atoms with van der Waals surface area (Å²) in [7, 11) is 0. The van der Waals surface area contributed by atoms with E-state index in [0.29, 0.717) is 22.5 Å². The summed E-state index contributed by atoms with van der Waals surface area (Å²) < 4.78 is 4.55. The molecule has 4 heteroatoms. The van der Waals surface area contributed by atoms with Gasteiger partial charge in [0.25, 0.3) is 0 Å². The van der Waals surface area contributed by atoms with Gasteiger partial charge in [0.1, 0.15) is 17.7 Å². The molecule has 0 fully saturated rings. The summed E-state index contributed by atoms with van der Waals surface area (Å²) >= 11 is 0. The van der Waals surface area contributed by atoms with Crippen molar-refractivity contribution in [3.05, 3.63) is 178 Å². The van der Waals surface area contributed by atoms with Crippen molar-refractivity contribution in [2.24, 2.45) is 0 Å². The second-order valence-electron chi connectivity index (χ2n) is 18.7. The van der Waals surface area contributed by atoms with Gasteiger partial charge >= 0.3 is 0 Å². The molecule has 13 rings (SSSR count). The zero-order valence-electron chi connectivity index (χ0n) is 35.2. The zero-order chi connectivity index (χ0) is 41.8. The van der Waals surface area contributed by atoms with Crippen LogP contribution in [0.15, 0.2) is 133 Å². The van der Waals surface area contributed by atoms with Crippen LogP contribution in [0.3, 0.4) is 0 Å². The van der Waals surface area contributed by atoms with E-state index in [1.807, 2.05) is 18.2 Å². The van der Waals surface area contributed by atoms with Crippen LogP contribution in [0.1, 0.15) is 86.8 Å². The lowest BCUT2D eigenvalue weighted by Gasteiger charge is -2.27. The Morgan fingerprint density at radius 2 is 1.26 bits per heavy atom. The molecular weight excluding hydrogens is 753 g/mol. The first kappa shape index (κ1) is 35.2.